The maximum absolute atomic E-state index is 12.9. The molecule has 0 unspecified atom stereocenters. The lowest BCUT2D eigenvalue weighted by Gasteiger charge is -2.05. The highest BCUT2D eigenvalue weighted by Crippen LogP contribution is 2.21. The lowest BCUT2D eigenvalue weighted by Crippen LogP contribution is -2.13. The van der Waals surface area contributed by atoms with Crippen molar-refractivity contribution in [2.24, 2.45) is 0 Å². The first kappa shape index (κ1) is 19.9. The van der Waals surface area contributed by atoms with Gasteiger partial charge in [-0.15, -0.1) is 11.3 Å². The Bertz CT molecular complexity index is 1070. The molecule has 3 aromatic rings. The maximum atomic E-state index is 12.9. The summed E-state index contributed by atoms with van der Waals surface area (Å²) >= 11 is 1.08. The molecule has 1 heterocycles. The van der Waals surface area contributed by atoms with Gasteiger partial charge in [-0.2, -0.15) is 0 Å². The fourth-order valence-electron chi connectivity index (χ4n) is 2.25. The lowest BCUT2D eigenvalue weighted by atomic mass is 10.2. The van der Waals surface area contributed by atoms with E-state index in [1.54, 1.807) is 5.38 Å². The summed E-state index contributed by atoms with van der Waals surface area (Å²) < 4.78 is 52.6. The normalized spacial score (nSPS) is 11.2. The van der Waals surface area contributed by atoms with Crippen LogP contribution in [-0.2, 0) is 21.2 Å². The zero-order valence-corrected chi connectivity index (χ0v) is 16.0. The molecule has 0 saturated heterocycles. The summed E-state index contributed by atoms with van der Waals surface area (Å²) in [5, 5.41) is 4.44. The monoisotopic (exact) mass is 423 g/mol. The van der Waals surface area contributed by atoms with Gasteiger partial charge in [0.1, 0.15) is 11.6 Å². The van der Waals surface area contributed by atoms with E-state index in [0.29, 0.717) is 17.8 Å². The van der Waals surface area contributed by atoms with E-state index in [4.69, 9.17) is 0 Å². The standard InChI is InChI=1S/C18H15F2N3O3S2/c19-12-1-5-14(6-2-12)21-17(24)10-7-15-11-27-18(22-15)23-28(25,26)16-8-3-13(20)4-9-16/h1-6,8-9,11H,7,10H2,(H,21,24)(H,22,23). The number of thiazole rings is 1. The van der Waals surface area contributed by atoms with Crippen LogP contribution in [0.15, 0.2) is 58.8 Å². The molecule has 0 aliphatic rings. The van der Waals surface area contributed by atoms with Crippen LogP contribution in [0.4, 0.5) is 19.6 Å². The van der Waals surface area contributed by atoms with Crippen molar-refractivity contribution in [1.82, 2.24) is 4.98 Å². The average Bonchev–Trinajstić information content (AvgIpc) is 3.09. The maximum Gasteiger partial charge on any atom is 0.263 e. The molecular weight excluding hydrogens is 408 g/mol. The second kappa shape index (κ2) is 8.44. The van der Waals surface area contributed by atoms with E-state index in [-0.39, 0.29) is 22.4 Å². The van der Waals surface area contributed by atoms with Crippen LogP contribution in [0.5, 0.6) is 0 Å². The molecule has 28 heavy (non-hydrogen) atoms. The molecule has 10 heteroatoms. The molecule has 0 fully saturated rings. The zero-order valence-electron chi connectivity index (χ0n) is 14.4. The van der Waals surface area contributed by atoms with Crippen LogP contribution in [0.1, 0.15) is 12.1 Å². The smallest absolute Gasteiger partial charge is 0.263 e. The highest BCUT2D eigenvalue weighted by atomic mass is 32.2. The molecule has 3 rings (SSSR count). The summed E-state index contributed by atoms with van der Waals surface area (Å²) in [6.45, 7) is 0. The van der Waals surface area contributed by atoms with Gasteiger partial charge < -0.3 is 5.32 Å². The third-order valence-electron chi connectivity index (χ3n) is 3.63. The van der Waals surface area contributed by atoms with Gasteiger partial charge in [-0.1, -0.05) is 0 Å². The van der Waals surface area contributed by atoms with Crippen LogP contribution in [0.2, 0.25) is 0 Å². The number of benzene rings is 2. The van der Waals surface area contributed by atoms with Gasteiger partial charge in [-0.25, -0.2) is 22.2 Å². The van der Waals surface area contributed by atoms with Crippen molar-refractivity contribution >= 4 is 38.1 Å². The number of halogens is 2. The minimum atomic E-state index is -3.87. The molecule has 0 radical (unpaired) electrons. The predicted molar refractivity (Wildman–Crippen MR) is 103 cm³/mol. The Labute approximate surface area is 164 Å². The number of amides is 1. The van der Waals surface area contributed by atoms with Crippen molar-refractivity contribution in [1.29, 1.82) is 0 Å². The van der Waals surface area contributed by atoms with Gasteiger partial charge in [0.25, 0.3) is 10.0 Å². The largest absolute Gasteiger partial charge is 0.326 e. The predicted octanol–water partition coefficient (Wildman–Crippen LogP) is 3.79. The van der Waals surface area contributed by atoms with Crippen LogP contribution < -0.4 is 10.0 Å². The van der Waals surface area contributed by atoms with E-state index in [0.717, 1.165) is 35.6 Å². The first-order valence-corrected chi connectivity index (χ1v) is 10.5. The molecule has 2 N–H and O–H groups in total. The van der Waals surface area contributed by atoms with Gasteiger partial charge in [0.05, 0.1) is 10.6 Å². The summed E-state index contributed by atoms with van der Waals surface area (Å²) in [5.41, 5.74) is 1.04. The van der Waals surface area contributed by atoms with Crippen molar-refractivity contribution in [2.45, 2.75) is 17.7 Å². The number of nitrogens with one attached hydrogen (secondary N) is 2. The van der Waals surface area contributed by atoms with E-state index >= 15 is 0 Å². The third kappa shape index (κ3) is 5.33. The van der Waals surface area contributed by atoms with Crippen molar-refractivity contribution in [2.75, 3.05) is 10.0 Å². The van der Waals surface area contributed by atoms with Crippen LogP contribution >= 0.6 is 11.3 Å². The van der Waals surface area contributed by atoms with Gasteiger partial charge in [-0.05, 0) is 55.0 Å². The van der Waals surface area contributed by atoms with Gasteiger partial charge in [-0.3, -0.25) is 9.52 Å². The van der Waals surface area contributed by atoms with Gasteiger partial charge in [0, 0.05) is 17.5 Å². The molecule has 0 aliphatic carbocycles. The highest BCUT2D eigenvalue weighted by molar-refractivity contribution is 7.93. The van der Waals surface area contributed by atoms with Crippen LogP contribution in [0, 0.1) is 11.6 Å². The average molecular weight is 423 g/mol. The van der Waals surface area contributed by atoms with Crippen molar-refractivity contribution in [3.05, 3.63) is 71.2 Å². The molecule has 1 aromatic heterocycles. The summed E-state index contributed by atoms with van der Waals surface area (Å²) in [6, 6.07) is 9.84. The highest BCUT2D eigenvalue weighted by Gasteiger charge is 2.16. The number of carbonyl (C=O) groups excluding carboxylic acids is 1. The number of aryl methyl sites for hydroxylation is 1. The summed E-state index contributed by atoms with van der Waals surface area (Å²) in [4.78, 5) is 16.0. The Balaban J connectivity index is 1.55. The molecule has 0 saturated carbocycles. The fraction of sp³-hybridized carbons (Fsp3) is 0.111. The van der Waals surface area contributed by atoms with Gasteiger partial charge in [0.2, 0.25) is 5.91 Å². The number of carbonyl (C=O) groups is 1. The topological polar surface area (TPSA) is 88.2 Å². The van der Waals surface area contributed by atoms with Gasteiger partial charge in [0.15, 0.2) is 5.13 Å². The molecule has 0 aliphatic heterocycles. The number of hydrogen-bond donors (Lipinski definition) is 2. The van der Waals surface area contributed by atoms with Crippen LogP contribution in [0.25, 0.3) is 0 Å². The molecule has 6 nitrogen and oxygen atoms in total. The Hall–Kier alpha value is -2.85. The molecule has 146 valence electrons. The molecule has 0 bridgehead atoms. The number of sulfonamides is 1. The first-order valence-electron chi connectivity index (χ1n) is 8.10. The Kier molecular flexibility index (Phi) is 6.00. The fourth-order valence-corrected chi connectivity index (χ4v) is 4.25. The van der Waals surface area contributed by atoms with E-state index in [1.807, 2.05) is 0 Å². The van der Waals surface area contributed by atoms with Crippen molar-refractivity contribution in [3.8, 4) is 0 Å². The van der Waals surface area contributed by atoms with E-state index < -0.39 is 21.7 Å². The number of aromatic nitrogens is 1. The van der Waals surface area contributed by atoms with Gasteiger partial charge >= 0.3 is 0 Å². The quantitative estimate of drug-likeness (QED) is 0.605. The Morgan fingerprint density at radius 3 is 2.25 bits per heavy atom. The van der Waals surface area contributed by atoms with Crippen LogP contribution in [0.3, 0.4) is 0 Å². The van der Waals surface area contributed by atoms with E-state index in [9.17, 15) is 22.0 Å². The minimum absolute atomic E-state index is 0.0793. The number of anilines is 2. The number of nitrogens with zero attached hydrogens (tertiary/aromatic N) is 1. The van der Waals surface area contributed by atoms with Crippen LogP contribution in [-0.4, -0.2) is 19.3 Å². The molecule has 2 aromatic carbocycles. The summed E-state index contributed by atoms with van der Waals surface area (Å²) in [6.07, 6.45) is 0.438. The number of hydrogen-bond acceptors (Lipinski definition) is 5. The Morgan fingerprint density at radius 2 is 1.61 bits per heavy atom. The molecular formula is C18H15F2N3O3S2. The summed E-state index contributed by atoms with van der Waals surface area (Å²) in [7, 11) is -3.87. The first-order chi connectivity index (χ1) is 13.3. The zero-order chi connectivity index (χ0) is 20.1. The second-order valence-electron chi connectivity index (χ2n) is 5.76. The lowest BCUT2D eigenvalue weighted by molar-refractivity contribution is -0.116. The molecule has 0 atom stereocenters. The SMILES string of the molecule is O=C(CCc1csc(NS(=O)(=O)c2ccc(F)cc2)n1)Nc1ccc(F)cc1. The Morgan fingerprint density at radius 1 is 1.00 bits per heavy atom. The second-order valence-corrected chi connectivity index (χ2v) is 8.30. The van der Waals surface area contributed by atoms with Crippen molar-refractivity contribution in [3.63, 3.8) is 0 Å². The molecule has 0 spiro atoms. The number of rotatable bonds is 7. The minimum Gasteiger partial charge on any atom is -0.326 e. The summed E-state index contributed by atoms with van der Waals surface area (Å²) in [5.74, 6) is -1.20. The van der Waals surface area contributed by atoms with Crippen molar-refractivity contribution < 1.29 is 22.0 Å². The van der Waals surface area contributed by atoms with E-state index in [1.165, 1.54) is 24.3 Å². The third-order valence-corrected chi connectivity index (χ3v) is 5.92. The molecule has 1 amide bonds. The van der Waals surface area contributed by atoms with E-state index in [2.05, 4.69) is 15.0 Å².